The molecule has 0 aliphatic heterocycles. The molecule has 122 valence electrons. The van der Waals surface area contributed by atoms with Crippen LogP contribution in [-0.4, -0.2) is 34.4 Å². The minimum absolute atomic E-state index is 0.173. The van der Waals surface area contributed by atoms with Gasteiger partial charge in [-0.3, -0.25) is 0 Å². The second-order valence-electron chi connectivity index (χ2n) is 5.03. The molecule has 0 aliphatic carbocycles. The molecule has 0 saturated carbocycles. The van der Waals surface area contributed by atoms with Crippen molar-refractivity contribution >= 4 is 15.8 Å². The van der Waals surface area contributed by atoms with Crippen LogP contribution in [-0.2, 0) is 21.0 Å². The predicted octanol–water partition coefficient (Wildman–Crippen LogP) is 2.50. The van der Waals surface area contributed by atoms with Crippen LogP contribution in [0.25, 0.3) is 0 Å². The normalized spacial score (nSPS) is 11.0. The Morgan fingerprint density at radius 2 is 1.61 bits per heavy atom. The number of esters is 1. The maximum Gasteiger partial charge on any atom is 0.338 e. The first-order valence-electron chi connectivity index (χ1n) is 7.00. The number of methoxy groups -OCH3 is 1. The van der Waals surface area contributed by atoms with E-state index in [2.05, 4.69) is 0 Å². The number of hydrogen-bond donors (Lipinski definition) is 0. The number of carbonyl (C=O) groups excluding carboxylic acids is 1. The Hall–Kier alpha value is -2.34. The van der Waals surface area contributed by atoms with Crippen LogP contribution in [0, 0.1) is 0 Å². The summed E-state index contributed by atoms with van der Waals surface area (Å²) in [6, 6.07) is 13.2. The Labute approximate surface area is 135 Å². The van der Waals surface area contributed by atoms with Gasteiger partial charge < -0.3 is 9.47 Å². The molecule has 6 heteroatoms. The highest BCUT2D eigenvalue weighted by molar-refractivity contribution is 7.90. The van der Waals surface area contributed by atoms with Gasteiger partial charge in [0, 0.05) is 12.7 Å². The summed E-state index contributed by atoms with van der Waals surface area (Å²) in [6.45, 7) is 0.249. The second-order valence-corrected chi connectivity index (χ2v) is 7.05. The molecule has 0 amide bonds. The van der Waals surface area contributed by atoms with Crippen molar-refractivity contribution in [2.24, 2.45) is 0 Å². The van der Waals surface area contributed by atoms with Gasteiger partial charge in [-0.25, -0.2) is 13.2 Å². The Balaban J connectivity index is 1.89. The lowest BCUT2D eigenvalue weighted by Gasteiger charge is -2.06. The van der Waals surface area contributed by atoms with E-state index in [1.807, 2.05) is 24.3 Å². The van der Waals surface area contributed by atoms with Gasteiger partial charge in [0.1, 0.15) is 5.75 Å². The Bertz CT molecular complexity index is 762. The van der Waals surface area contributed by atoms with Crippen LogP contribution >= 0.6 is 0 Å². The molecule has 0 saturated heterocycles. The summed E-state index contributed by atoms with van der Waals surface area (Å²) >= 11 is 0. The van der Waals surface area contributed by atoms with Crippen molar-refractivity contribution in [3.05, 3.63) is 59.7 Å². The van der Waals surface area contributed by atoms with E-state index in [-0.39, 0.29) is 11.5 Å². The number of carbonyl (C=O) groups is 1. The van der Waals surface area contributed by atoms with Gasteiger partial charge in [-0.2, -0.15) is 0 Å². The van der Waals surface area contributed by atoms with Gasteiger partial charge in [-0.05, 0) is 42.0 Å². The van der Waals surface area contributed by atoms with E-state index < -0.39 is 15.8 Å². The SMILES string of the molecule is COc1ccc(CCOC(=O)c2ccc(S(C)(=O)=O)cc2)cc1. The summed E-state index contributed by atoms with van der Waals surface area (Å²) in [6.07, 6.45) is 1.71. The standard InChI is InChI=1S/C17H18O5S/c1-21-15-7-3-13(4-8-15)11-12-22-17(18)14-5-9-16(10-6-14)23(2,19)20/h3-10H,11-12H2,1-2H3. The number of sulfone groups is 1. The molecule has 2 aromatic rings. The molecular weight excluding hydrogens is 316 g/mol. The summed E-state index contributed by atoms with van der Waals surface area (Å²) in [4.78, 5) is 12.1. The van der Waals surface area contributed by atoms with Gasteiger partial charge in [0.05, 0.1) is 24.2 Å². The van der Waals surface area contributed by atoms with E-state index in [1.54, 1.807) is 7.11 Å². The third-order valence-corrected chi connectivity index (χ3v) is 4.43. The fourth-order valence-corrected chi connectivity index (χ4v) is 2.61. The molecule has 0 radical (unpaired) electrons. The first kappa shape index (κ1) is 17.0. The summed E-state index contributed by atoms with van der Waals surface area (Å²) < 4.78 is 33.0. The molecular formula is C17H18O5S. The lowest BCUT2D eigenvalue weighted by atomic mass is 10.1. The highest BCUT2D eigenvalue weighted by Crippen LogP contribution is 2.13. The Morgan fingerprint density at radius 3 is 2.13 bits per heavy atom. The number of ether oxygens (including phenoxy) is 2. The fraction of sp³-hybridized carbons (Fsp3) is 0.235. The maximum atomic E-state index is 11.9. The van der Waals surface area contributed by atoms with E-state index in [4.69, 9.17) is 9.47 Å². The van der Waals surface area contributed by atoms with E-state index in [0.29, 0.717) is 12.0 Å². The van der Waals surface area contributed by atoms with Gasteiger partial charge in [-0.1, -0.05) is 12.1 Å². The molecule has 23 heavy (non-hydrogen) atoms. The zero-order valence-electron chi connectivity index (χ0n) is 13.0. The predicted molar refractivity (Wildman–Crippen MR) is 86.5 cm³/mol. The van der Waals surface area contributed by atoms with Crippen molar-refractivity contribution in [3.8, 4) is 5.75 Å². The van der Waals surface area contributed by atoms with Crippen molar-refractivity contribution in [2.75, 3.05) is 20.0 Å². The van der Waals surface area contributed by atoms with Crippen molar-refractivity contribution in [1.82, 2.24) is 0 Å². The summed E-state index contributed by atoms with van der Waals surface area (Å²) in [5.74, 6) is 0.301. The number of hydrogen-bond acceptors (Lipinski definition) is 5. The maximum absolute atomic E-state index is 11.9. The molecule has 0 bridgehead atoms. The lowest BCUT2D eigenvalue weighted by molar-refractivity contribution is 0.0509. The monoisotopic (exact) mass is 334 g/mol. The average Bonchev–Trinajstić information content (AvgIpc) is 2.54. The Morgan fingerprint density at radius 1 is 1.00 bits per heavy atom. The third kappa shape index (κ3) is 4.82. The van der Waals surface area contributed by atoms with Crippen LogP contribution in [0.15, 0.2) is 53.4 Å². The first-order chi connectivity index (χ1) is 10.9. The van der Waals surface area contributed by atoms with E-state index >= 15 is 0 Å². The van der Waals surface area contributed by atoms with Crippen LogP contribution in [0.3, 0.4) is 0 Å². The topological polar surface area (TPSA) is 69.7 Å². The molecule has 0 N–H and O–H groups in total. The van der Waals surface area contributed by atoms with Gasteiger partial charge in [0.25, 0.3) is 0 Å². The minimum Gasteiger partial charge on any atom is -0.497 e. The van der Waals surface area contributed by atoms with Crippen molar-refractivity contribution in [3.63, 3.8) is 0 Å². The summed E-state index contributed by atoms with van der Waals surface area (Å²) in [7, 11) is -1.66. The summed E-state index contributed by atoms with van der Waals surface area (Å²) in [5.41, 5.74) is 1.36. The number of benzene rings is 2. The molecule has 0 unspecified atom stereocenters. The summed E-state index contributed by atoms with van der Waals surface area (Å²) in [5, 5.41) is 0. The van der Waals surface area contributed by atoms with E-state index in [0.717, 1.165) is 17.6 Å². The smallest absolute Gasteiger partial charge is 0.338 e. The molecule has 5 nitrogen and oxygen atoms in total. The number of rotatable bonds is 6. The largest absolute Gasteiger partial charge is 0.497 e. The zero-order chi connectivity index (χ0) is 16.9. The van der Waals surface area contributed by atoms with Crippen LogP contribution < -0.4 is 4.74 Å². The second kappa shape index (κ2) is 7.28. The lowest BCUT2D eigenvalue weighted by Crippen LogP contribution is -2.08. The van der Waals surface area contributed by atoms with Crippen LogP contribution in [0.2, 0.25) is 0 Å². The van der Waals surface area contributed by atoms with Gasteiger partial charge in [-0.15, -0.1) is 0 Å². The fourth-order valence-electron chi connectivity index (χ4n) is 1.98. The average molecular weight is 334 g/mol. The van der Waals surface area contributed by atoms with Crippen LogP contribution in [0.5, 0.6) is 5.75 Å². The van der Waals surface area contributed by atoms with E-state index in [1.165, 1.54) is 24.3 Å². The molecule has 0 aromatic heterocycles. The highest BCUT2D eigenvalue weighted by atomic mass is 32.2. The molecule has 0 atom stereocenters. The first-order valence-corrected chi connectivity index (χ1v) is 8.89. The van der Waals surface area contributed by atoms with Gasteiger partial charge in [0.15, 0.2) is 9.84 Å². The Kier molecular flexibility index (Phi) is 5.39. The van der Waals surface area contributed by atoms with Crippen molar-refractivity contribution < 1.29 is 22.7 Å². The third-order valence-electron chi connectivity index (χ3n) is 3.30. The van der Waals surface area contributed by atoms with Crippen molar-refractivity contribution in [1.29, 1.82) is 0 Å². The van der Waals surface area contributed by atoms with E-state index in [9.17, 15) is 13.2 Å². The quantitative estimate of drug-likeness (QED) is 0.759. The molecule has 0 heterocycles. The van der Waals surface area contributed by atoms with Crippen LogP contribution in [0.1, 0.15) is 15.9 Å². The minimum atomic E-state index is -3.27. The molecule has 2 aromatic carbocycles. The van der Waals surface area contributed by atoms with Gasteiger partial charge >= 0.3 is 5.97 Å². The molecule has 0 fully saturated rings. The van der Waals surface area contributed by atoms with Crippen LogP contribution in [0.4, 0.5) is 0 Å². The van der Waals surface area contributed by atoms with Crippen molar-refractivity contribution in [2.45, 2.75) is 11.3 Å². The molecule has 0 aliphatic rings. The molecule has 0 spiro atoms. The molecule has 2 rings (SSSR count). The zero-order valence-corrected chi connectivity index (χ0v) is 13.8. The highest BCUT2D eigenvalue weighted by Gasteiger charge is 2.10. The van der Waals surface area contributed by atoms with Gasteiger partial charge in [0.2, 0.25) is 0 Å².